The van der Waals surface area contributed by atoms with E-state index in [0.717, 1.165) is 0 Å². The molecule has 0 aromatic heterocycles. The van der Waals surface area contributed by atoms with E-state index in [4.69, 9.17) is 4.74 Å². The number of alkyl halides is 1. The molecule has 2 heteroatoms. The predicted octanol–water partition coefficient (Wildman–Crippen LogP) is 4.46. The summed E-state index contributed by atoms with van der Waals surface area (Å²) in [5.41, 5.74) is -0.894. The molecule has 3 unspecified atom stereocenters. The van der Waals surface area contributed by atoms with Gasteiger partial charge in [-0.2, -0.15) is 0 Å². The van der Waals surface area contributed by atoms with Gasteiger partial charge >= 0.3 is 0 Å². The molecule has 0 aromatic rings. The number of hydrogen-bond donors (Lipinski definition) is 0. The van der Waals surface area contributed by atoms with Gasteiger partial charge in [0.15, 0.2) is 0 Å². The molecule has 1 nitrogen and oxygen atoms in total. The smallest absolute Gasteiger partial charge is 0.131 e. The maximum atomic E-state index is 14.3. The second kappa shape index (κ2) is 4.53. The highest BCUT2D eigenvalue weighted by Gasteiger charge is 2.45. The molecule has 0 aliphatic carbocycles. The Morgan fingerprint density at radius 2 is 1.47 bits per heavy atom. The lowest BCUT2D eigenvalue weighted by atomic mass is 9.62. The summed E-state index contributed by atoms with van der Waals surface area (Å²) in [4.78, 5) is 0. The van der Waals surface area contributed by atoms with E-state index in [1.54, 1.807) is 6.92 Å². The molecule has 1 aliphatic heterocycles. The fraction of sp³-hybridized carbons (Fsp3) is 1.00. The fourth-order valence-electron chi connectivity index (χ4n) is 2.94. The molecular weight excluding hydrogens is 215 g/mol. The van der Waals surface area contributed by atoms with Crippen molar-refractivity contribution < 1.29 is 9.13 Å². The van der Waals surface area contributed by atoms with Crippen molar-refractivity contribution in [2.75, 3.05) is 13.2 Å². The Kier molecular flexibility index (Phi) is 3.98. The standard InChI is InChI=1S/C15H29FO/c1-13(2,3)11-8-15(7,16)10-17-9-12(11)14(4,5)6/h11-12H,8-10H2,1-7H3. The normalized spacial score (nSPS) is 36.7. The molecule has 1 heterocycles. The highest BCUT2D eigenvalue weighted by molar-refractivity contribution is 4.93. The van der Waals surface area contributed by atoms with Crippen LogP contribution in [0.4, 0.5) is 4.39 Å². The molecule has 17 heavy (non-hydrogen) atoms. The van der Waals surface area contributed by atoms with Crippen LogP contribution in [0.25, 0.3) is 0 Å². The van der Waals surface area contributed by atoms with Gasteiger partial charge in [-0.05, 0) is 36.0 Å². The molecule has 1 saturated heterocycles. The van der Waals surface area contributed by atoms with Gasteiger partial charge in [0.05, 0.1) is 13.2 Å². The first kappa shape index (κ1) is 14.9. The topological polar surface area (TPSA) is 9.23 Å². The van der Waals surface area contributed by atoms with E-state index < -0.39 is 5.67 Å². The highest BCUT2D eigenvalue weighted by atomic mass is 19.1. The van der Waals surface area contributed by atoms with Crippen molar-refractivity contribution in [3.8, 4) is 0 Å². The molecule has 0 saturated carbocycles. The van der Waals surface area contributed by atoms with Crippen molar-refractivity contribution in [2.24, 2.45) is 22.7 Å². The first-order valence-electron chi connectivity index (χ1n) is 6.70. The molecule has 0 spiro atoms. The van der Waals surface area contributed by atoms with E-state index in [0.29, 0.717) is 24.9 Å². The zero-order valence-corrected chi connectivity index (χ0v) is 12.6. The van der Waals surface area contributed by atoms with Crippen LogP contribution in [0, 0.1) is 22.7 Å². The van der Waals surface area contributed by atoms with Crippen LogP contribution in [0.2, 0.25) is 0 Å². The van der Waals surface area contributed by atoms with Gasteiger partial charge in [0.25, 0.3) is 0 Å². The van der Waals surface area contributed by atoms with Crippen LogP contribution in [0.3, 0.4) is 0 Å². The van der Waals surface area contributed by atoms with Crippen molar-refractivity contribution in [1.29, 1.82) is 0 Å². The van der Waals surface area contributed by atoms with Crippen molar-refractivity contribution in [1.82, 2.24) is 0 Å². The van der Waals surface area contributed by atoms with E-state index in [1.165, 1.54) is 0 Å². The minimum Gasteiger partial charge on any atom is -0.378 e. The minimum atomic E-state index is -1.18. The van der Waals surface area contributed by atoms with Gasteiger partial charge in [-0.1, -0.05) is 41.5 Å². The first-order valence-corrected chi connectivity index (χ1v) is 6.70. The molecule has 1 aliphatic rings. The molecular formula is C15H29FO. The minimum absolute atomic E-state index is 0.124. The number of halogens is 1. The Hall–Kier alpha value is -0.110. The molecule has 1 rings (SSSR count). The Labute approximate surface area is 106 Å². The van der Waals surface area contributed by atoms with E-state index in [-0.39, 0.29) is 17.4 Å². The number of hydrogen-bond acceptors (Lipinski definition) is 1. The van der Waals surface area contributed by atoms with Gasteiger partial charge in [-0.25, -0.2) is 4.39 Å². The number of rotatable bonds is 0. The summed E-state index contributed by atoms with van der Waals surface area (Å²) in [7, 11) is 0. The quantitative estimate of drug-likeness (QED) is 0.611. The van der Waals surface area contributed by atoms with E-state index >= 15 is 0 Å². The van der Waals surface area contributed by atoms with Crippen molar-refractivity contribution in [3.05, 3.63) is 0 Å². The third-order valence-corrected chi connectivity index (χ3v) is 4.06. The Balaban J connectivity index is 3.03. The monoisotopic (exact) mass is 244 g/mol. The zero-order valence-electron chi connectivity index (χ0n) is 12.6. The average Bonchev–Trinajstić information content (AvgIpc) is 2.20. The molecule has 102 valence electrons. The average molecular weight is 244 g/mol. The molecule has 0 N–H and O–H groups in total. The van der Waals surface area contributed by atoms with Gasteiger partial charge in [0, 0.05) is 0 Å². The predicted molar refractivity (Wildman–Crippen MR) is 70.8 cm³/mol. The summed E-state index contributed by atoms with van der Waals surface area (Å²) >= 11 is 0. The van der Waals surface area contributed by atoms with Crippen LogP contribution < -0.4 is 0 Å². The maximum absolute atomic E-state index is 14.3. The summed E-state index contributed by atoms with van der Waals surface area (Å²) in [6, 6.07) is 0. The van der Waals surface area contributed by atoms with Crippen molar-refractivity contribution >= 4 is 0 Å². The van der Waals surface area contributed by atoms with Crippen LogP contribution in [-0.2, 0) is 4.74 Å². The Morgan fingerprint density at radius 1 is 1.00 bits per heavy atom. The summed E-state index contributed by atoms with van der Waals surface area (Å²) < 4.78 is 19.9. The fourth-order valence-corrected chi connectivity index (χ4v) is 2.94. The Morgan fingerprint density at radius 3 is 1.88 bits per heavy atom. The van der Waals surface area contributed by atoms with E-state index in [2.05, 4.69) is 41.5 Å². The van der Waals surface area contributed by atoms with Gasteiger partial charge in [0.2, 0.25) is 0 Å². The van der Waals surface area contributed by atoms with Gasteiger partial charge in [-0.15, -0.1) is 0 Å². The lowest BCUT2D eigenvalue weighted by Gasteiger charge is -2.43. The largest absolute Gasteiger partial charge is 0.378 e. The maximum Gasteiger partial charge on any atom is 0.131 e. The van der Waals surface area contributed by atoms with Gasteiger partial charge in [0.1, 0.15) is 5.67 Å². The SMILES string of the molecule is CC1(F)COCC(C(C)(C)C)C(C(C)(C)C)C1. The Bertz CT molecular complexity index is 257. The third kappa shape index (κ3) is 3.94. The van der Waals surface area contributed by atoms with E-state index in [9.17, 15) is 4.39 Å². The lowest BCUT2D eigenvalue weighted by molar-refractivity contribution is 0.0113. The zero-order chi connectivity index (χ0) is 13.5. The third-order valence-electron chi connectivity index (χ3n) is 4.06. The summed E-state index contributed by atoms with van der Waals surface area (Å²) in [6.07, 6.45) is 0.610. The van der Waals surface area contributed by atoms with E-state index in [1.807, 2.05) is 0 Å². The van der Waals surface area contributed by atoms with Crippen LogP contribution in [0.5, 0.6) is 0 Å². The second-order valence-electron chi connectivity index (χ2n) is 8.08. The highest BCUT2D eigenvalue weighted by Crippen LogP contribution is 2.47. The lowest BCUT2D eigenvalue weighted by Crippen LogP contribution is -2.39. The van der Waals surface area contributed by atoms with Crippen LogP contribution in [-0.4, -0.2) is 18.9 Å². The first-order chi connectivity index (χ1) is 7.43. The summed E-state index contributed by atoms with van der Waals surface area (Å²) in [5, 5.41) is 0. The van der Waals surface area contributed by atoms with Crippen LogP contribution in [0.15, 0.2) is 0 Å². The van der Waals surface area contributed by atoms with Crippen LogP contribution >= 0.6 is 0 Å². The molecule has 0 amide bonds. The van der Waals surface area contributed by atoms with Crippen LogP contribution in [0.1, 0.15) is 54.9 Å². The van der Waals surface area contributed by atoms with Gasteiger partial charge in [-0.3, -0.25) is 0 Å². The second-order valence-corrected chi connectivity index (χ2v) is 8.08. The summed E-state index contributed by atoms with van der Waals surface area (Å²) in [5.74, 6) is 0.778. The molecule has 0 bridgehead atoms. The summed E-state index contributed by atoms with van der Waals surface area (Å²) in [6.45, 7) is 16.0. The van der Waals surface area contributed by atoms with Crippen molar-refractivity contribution in [3.63, 3.8) is 0 Å². The molecule has 1 fully saturated rings. The number of ether oxygens (including phenoxy) is 1. The molecule has 3 atom stereocenters. The van der Waals surface area contributed by atoms with Gasteiger partial charge < -0.3 is 4.74 Å². The van der Waals surface area contributed by atoms with Crippen molar-refractivity contribution in [2.45, 2.75) is 60.6 Å². The molecule has 0 radical (unpaired) electrons. The molecule has 0 aromatic carbocycles.